The second kappa shape index (κ2) is 8.26. The maximum absolute atomic E-state index is 12.5. The molecule has 9 nitrogen and oxygen atoms in total. The topological polar surface area (TPSA) is 105 Å². The highest BCUT2D eigenvalue weighted by molar-refractivity contribution is 6.03. The molecule has 0 unspecified atom stereocenters. The van der Waals surface area contributed by atoms with Crippen molar-refractivity contribution in [2.24, 2.45) is 0 Å². The fourth-order valence-electron chi connectivity index (χ4n) is 2.66. The molecule has 0 saturated carbocycles. The van der Waals surface area contributed by atoms with E-state index in [2.05, 4.69) is 20.0 Å². The number of hydrogen-bond acceptors (Lipinski definition) is 7. The van der Waals surface area contributed by atoms with Crippen LogP contribution in [0.1, 0.15) is 20.8 Å². The summed E-state index contributed by atoms with van der Waals surface area (Å²) in [5.41, 5.74) is 1.16. The lowest BCUT2D eigenvalue weighted by Crippen LogP contribution is -2.46. The van der Waals surface area contributed by atoms with Crippen molar-refractivity contribution in [1.82, 2.24) is 14.9 Å². The number of amides is 2. The number of anilines is 2. The van der Waals surface area contributed by atoms with Gasteiger partial charge in [-0.15, -0.1) is 0 Å². The Kier molecular flexibility index (Phi) is 5.60. The standard InChI is InChI=1S/C18H19N5O4/c1-27-17(26)13-2-4-14(5-3-13)20-16(25)15-6-7-19-18(21-15)23-10-8-22(12-24)9-11-23/h2-7,12H,8-11H2,1H3,(H,20,25). The first kappa shape index (κ1) is 18.3. The van der Waals surface area contributed by atoms with Crippen molar-refractivity contribution in [3.8, 4) is 0 Å². The van der Waals surface area contributed by atoms with Crippen LogP contribution in [0.3, 0.4) is 0 Å². The molecule has 1 N–H and O–H groups in total. The van der Waals surface area contributed by atoms with E-state index in [1.807, 2.05) is 4.90 Å². The lowest BCUT2D eigenvalue weighted by molar-refractivity contribution is -0.118. The molecular weight excluding hydrogens is 350 g/mol. The zero-order chi connectivity index (χ0) is 19.2. The summed E-state index contributed by atoms with van der Waals surface area (Å²) in [7, 11) is 1.31. The van der Waals surface area contributed by atoms with Crippen LogP contribution in [0, 0.1) is 0 Å². The van der Waals surface area contributed by atoms with Gasteiger partial charge in [0, 0.05) is 38.1 Å². The molecule has 1 aliphatic rings. The van der Waals surface area contributed by atoms with Gasteiger partial charge >= 0.3 is 5.97 Å². The van der Waals surface area contributed by atoms with Gasteiger partial charge < -0.3 is 19.9 Å². The quantitative estimate of drug-likeness (QED) is 0.614. The Morgan fingerprint density at radius 2 is 1.81 bits per heavy atom. The van der Waals surface area contributed by atoms with Gasteiger partial charge in [-0.2, -0.15) is 0 Å². The number of ether oxygens (including phenoxy) is 1. The molecular formula is C18H19N5O4. The van der Waals surface area contributed by atoms with E-state index in [4.69, 9.17) is 0 Å². The van der Waals surface area contributed by atoms with E-state index < -0.39 is 5.97 Å². The average molecular weight is 369 g/mol. The molecule has 0 radical (unpaired) electrons. The van der Waals surface area contributed by atoms with Crippen molar-refractivity contribution in [2.75, 3.05) is 43.5 Å². The van der Waals surface area contributed by atoms with Gasteiger partial charge in [-0.1, -0.05) is 0 Å². The maximum atomic E-state index is 12.5. The molecule has 27 heavy (non-hydrogen) atoms. The lowest BCUT2D eigenvalue weighted by atomic mass is 10.2. The first-order chi connectivity index (χ1) is 13.1. The molecule has 140 valence electrons. The Morgan fingerprint density at radius 1 is 1.11 bits per heavy atom. The Labute approximate surface area is 156 Å². The summed E-state index contributed by atoms with van der Waals surface area (Å²) < 4.78 is 4.64. The third-order valence-corrected chi connectivity index (χ3v) is 4.19. The second-order valence-corrected chi connectivity index (χ2v) is 5.89. The highest BCUT2D eigenvalue weighted by Gasteiger charge is 2.19. The summed E-state index contributed by atoms with van der Waals surface area (Å²) in [6, 6.07) is 7.90. The zero-order valence-electron chi connectivity index (χ0n) is 14.8. The molecule has 1 fully saturated rings. The minimum absolute atomic E-state index is 0.231. The first-order valence-electron chi connectivity index (χ1n) is 8.38. The number of aromatic nitrogens is 2. The van der Waals surface area contributed by atoms with E-state index in [-0.39, 0.29) is 11.6 Å². The number of benzene rings is 1. The third kappa shape index (κ3) is 4.38. The van der Waals surface area contributed by atoms with E-state index in [1.165, 1.54) is 19.4 Å². The largest absolute Gasteiger partial charge is 0.465 e. The SMILES string of the molecule is COC(=O)c1ccc(NC(=O)c2ccnc(N3CCN(C=O)CC3)n2)cc1. The number of rotatable bonds is 5. The maximum Gasteiger partial charge on any atom is 0.337 e. The summed E-state index contributed by atoms with van der Waals surface area (Å²) in [4.78, 5) is 46.9. The Hall–Kier alpha value is -3.49. The van der Waals surface area contributed by atoms with Gasteiger partial charge in [0.25, 0.3) is 5.91 Å². The molecule has 9 heteroatoms. The summed E-state index contributed by atoms with van der Waals surface area (Å²) >= 11 is 0. The second-order valence-electron chi connectivity index (χ2n) is 5.89. The highest BCUT2D eigenvalue weighted by atomic mass is 16.5. The van der Waals surface area contributed by atoms with E-state index in [0.717, 1.165) is 6.41 Å². The van der Waals surface area contributed by atoms with Gasteiger partial charge in [-0.3, -0.25) is 9.59 Å². The van der Waals surface area contributed by atoms with E-state index >= 15 is 0 Å². The zero-order valence-corrected chi connectivity index (χ0v) is 14.8. The molecule has 0 spiro atoms. The molecule has 2 amide bonds. The van der Waals surface area contributed by atoms with Crippen LogP contribution in [-0.4, -0.2) is 66.4 Å². The molecule has 1 aromatic heterocycles. The van der Waals surface area contributed by atoms with Gasteiger partial charge in [-0.05, 0) is 30.3 Å². The van der Waals surface area contributed by atoms with Gasteiger partial charge in [0.2, 0.25) is 12.4 Å². The minimum atomic E-state index is -0.442. The Bertz CT molecular complexity index is 832. The van der Waals surface area contributed by atoms with Gasteiger partial charge in [0.1, 0.15) is 5.69 Å². The lowest BCUT2D eigenvalue weighted by Gasteiger charge is -2.32. The van der Waals surface area contributed by atoms with Crippen molar-refractivity contribution >= 4 is 29.9 Å². The van der Waals surface area contributed by atoms with Gasteiger partial charge in [0.05, 0.1) is 12.7 Å². The van der Waals surface area contributed by atoms with E-state index in [9.17, 15) is 14.4 Å². The normalized spacial score (nSPS) is 13.8. The first-order valence-corrected chi connectivity index (χ1v) is 8.38. The van der Waals surface area contributed by atoms with Crippen LogP contribution in [0.5, 0.6) is 0 Å². The Morgan fingerprint density at radius 3 is 2.44 bits per heavy atom. The number of piperazine rings is 1. The minimum Gasteiger partial charge on any atom is -0.465 e. The van der Waals surface area contributed by atoms with Crippen LogP contribution in [0.2, 0.25) is 0 Å². The summed E-state index contributed by atoms with van der Waals surface area (Å²) in [6.45, 7) is 2.41. The predicted molar refractivity (Wildman–Crippen MR) is 97.6 cm³/mol. The molecule has 1 saturated heterocycles. The molecule has 3 rings (SSSR count). The number of methoxy groups -OCH3 is 1. The summed E-state index contributed by atoms with van der Waals surface area (Å²) in [6.07, 6.45) is 2.36. The van der Waals surface area contributed by atoms with Crippen molar-refractivity contribution in [2.45, 2.75) is 0 Å². The number of carbonyl (C=O) groups excluding carboxylic acids is 3. The van der Waals surface area contributed by atoms with E-state index in [1.54, 1.807) is 29.2 Å². The van der Waals surface area contributed by atoms with Crippen LogP contribution in [0.15, 0.2) is 36.5 Å². The van der Waals surface area contributed by atoms with Crippen LogP contribution in [0.4, 0.5) is 11.6 Å². The molecule has 1 aromatic carbocycles. The number of carbonyl (C=O) groups is 3. The summed E-state index contributed by atoms with van der Waals surface area (Å²) in [5, 5.41) is 2.73. The van der Waals surface area contributed by atoms with Crippen LogP contribution >= 0.6 is 0 Å². The molecule has 2 heterocycles. The smallest absolute Gasteiger partial charge is 0.337 e. The van der Waals surface area contributed by atoms with Crippen molar-refractivity contribution in [1.29, 1.82) is 0 Å². The monoisotopic (exact) mass is 369 g/mol. The van der Waals surface area contributed by atoms with E-state index in [0.29, 0.717) is 43.4 Å². The van der Waals surface area contributed by atoms with Crippen molar-refractivity contribution in [3.63, 3.8) is 0 Å². The number of nitrogens with zero attached hydrogens (tertiary/aromatic N) is 4. The molecule has 0 bridgehead atoms. The number of hydrogen-bond donors (Lipinski definition) is 1. The molecule has 0 atom stereocenters. The third-order valence-electron chi connectivity index (χ3n) is 4.19. The van der Waals surface area contributed by atoms with Crippen LogP contribution < -0.4 is 10.2 Å². The number of esters is 1. The molecule has 2 aromatic rings. The average Bonchev–Trinajstić information content (AvgIpc) is 2.74. The fourth-order valence-corrected chi connectivity index (χ4v) is 2.66. The summed E-state index contributed by atoms with van der Waals surface area (Å²) in [5.74, 6) is -0.367. The molecule has 1 aliphatic heterocycles. The highest BCUT2D eigenvalue weighted by Crippen LogP contribution is 2.14. The van der Waals surface area contributed by atoms with Gasteiger partial charge in [0.15, 0.2) is 0 Å². The molecule has 0 aliphatic carbocycles. The van der Waals surface area contributed by atoms with Crippen molar-refractivity contribution < 1.29 is 19.1 Å². The predicted octanol–water partition coefficient (Wildman–Crippen LogP) is 0.794. The van der Waals surface area contributed by atoms with Crippen molar-refractivity contribution in [3.05, 3.63) is 47.8 Å². The van der Waals surface area contributed by atoms with Gasteiger partial charge in [-0.25, -0.2) is 14.8 Å². The fraction of sp³-hybridized carbons (Fsp3) is 0.278. The van der Waals surface area contributed by atoms with Crippen LogP contribution in [-0.2, 0) is 9.53 Å². The number of nitrogens with one attached hydrogen (secondary N) is 1. The Balaban J connectivity index is 1.67. The van der Waals surface area contributed by atoms with Crippen LogP contribution in [0.25, 0.3) is 0 Å².